The highest BCUT2D eigenvalue weighted by Crippen LogP contribution is 2.12. The fourth-order valence-electron chi connectivity index (χ4n) is 2.51. The summed E-state index contributed by atoms with van der Waals surface area (Å²) < 4.78 is 10.5. The molecule has 0 aliphatic heterocycles. The predicted molar refractivity (Wildman–Crippen MR) is 102 cm³/mol. The molecule has 148 valence electrons. The lowest BCUT2D eigenvalue weighted by Gasteiger charge is -2.10. The van der Waals surface area contributed by atoms with Gasteiger partial charge in [-0.15, -0.1) is 0 Å². The molecule has 0 saturated heterocycles. The number of carbonyl (C=O) groups is 2. The monoisotopic (exact) mass is 356 g/mol. The Morgan fingerprint density at radius 1 is 0.600 bits per heavy atom. The molecular weight excluding hydrogens is 316 g/mol. The molecule has 0 aliphatic rings. The molecule has 0 rings (SSSR count). The van der Waals surface area contributed by atoms with Crippen LogP contribution in [0.1, 0.15) is 111 Å². The van der Waals surface area contributed by atoms with E-state index in [1.54, 1.807) is 0 Å². The average Bonchev–Trinajstić information content (AvgIpc) is 2.59. The number of hydrogen-bond donors (Lipinski definition) is 0. The van der Waals surface area contributed by atoms with Gasteiger partial charge in [0.15, 0.2) is 0 Å². The van der Waals surface area contributed by atoms with Gasteiger partial charge in [-0.25, -0.2) is 0 Å². The van der Waals surface area contributed by atoms with E-state index in [1.807, 2.05) is 27.7 Å². The number of unbranched alkanes of at least 4 members (excludes halogenated alkanes) is 8. The van der Waals surface area contributed by atoms with Crippen molar-refractivity contribution in [1.82, 2.24) is 0 Å². The van der Waals surface area contributed by atoms with E-state index in [0.717, 1.165) is 38.5 Å². The van der Waals surface area contributed by atoms with E-state index >= 15 is 0 Å². The van der Waals surface area contributed by atoms with Crippen molar-refractivity contribution in [3.8, 4) is 0 Å². The Bertz CT molecular complexity index is 309. The van der Waals surface area contributed by atoms with E-state index in [1.165, 1.54) is 32.1 Å². The van der Waals surface area contributed by atoms with Gasteiger partial charge in [0.1, 0.15) is 0 Å². The molecule has 0 heterocycles. The van der Waals surface area contributed by atoms with Crippen molar-refractivity contribution < 1.29 is 19.1 Å². The molecule has 0 aromatic heterocycles. The van der Waals surface area contributed by atoms with Crippen LogP contribution in [-0.2, 0) is 19.1 Å². The number of ether oxygens (including phenoxy) is 2. The Labute approximate surface area is 155 Å². The zero-order valence-electron chi connectivity index (χ0n) is 17.0. The van der Waals surface area contributed by atoms with Crippen LogP contribution in [0.2, 0.25) is 0 Å². The summed E-state index contributed by atoms with van der Waals surface area (Å²) in [5.74, 6) is -0.109. The zero-order chi connectivity index (χ0) is 18.9. The fraction of sp³-hybridized carbons (Fsp3) is 0.905. The number of hydrogen-bond acceptors (Lipinski definition) is 4. The van der Waals surface area contributed by atoms with Crippen LogP contribution in [0.25, 0.3) is 0 Å². The predicted octanol–water partition coefficient (Wildman–Crippen LogP) is 5.96. The topological polar surface area (TPSA) is 52.6 Å². The summed E-state index contributed by atoms with van der Waals surface area (Å²) in [6.45, 7) is 7.92. The maximum absolute atomic E-state index is 11.5. The lowest BCUT2D eigenvalue weighted by atomic mass is 10.1. The highest BCUT2D eigenvalue weighted by atomic mass is 16.5. The molecule has 0 spiro atoms. The Morgan fingerprint density at radius 2 is 0.880 bits per heavy atom. The van der Waals surface area contributed by atoms with Crippen LogP contribution in [0.4, 0.5) is 0 Å². The first-order chi connectivity index (χ1) is 12.0. The minimum Gasteiger partial charge on any atom is -0.463 e. The Balaban J connectivity index is 3.29. The van der Waals surface area contributed by atoms with Gasteiger partial charge >= 0.3 is 11.9 Å². The largest absolute Gasteiger partial charge is 0.463 e. The first-order valence-corrected chi connectivity index (χ1v) is 10.4. The van der Waals surface area contributed by atoms with Crippen LogP contribution in [0.15, 0.2) is 0 Å². The van der Waals surface area contributed by atoms with Crippen LogP contribution in [-0.4, -0.2) is 24.1 Å². The van der Waals surface area contributed by atoms with Crippen LogP contribution < -0.4 is 0 Å². The normalized spacial score (nSPS) is 13.3. The second kappa shape index (κ2) is 16.4. The van der Waals surface area contributed by atoms with Gasteiger partial charge < -0.3 is 9.47 Å². The highest BCUT2D eigenvalue weighted by Gasteiger charge is 2.07. The van der Waals surface area contributed by atoms with E-state index in [9.17, 15) is 9.59 Å². The molecule has 4 nitrogen and oxygen atoms in total. The summed E-state index contributed by atoms with van der Waals surface area (Å²) in [7, 11) is 0. The summed E-state index contributed by atoms with van der Waals surface area (Å²) in [5.41, 5.74) is 0. The highest BCUT2D eigenvalue weighted by molar-refractivity contribution is 5.69. The summed E-state index contributed by atoms with van der Waals surface area (Å²) in [6, 6.07) is 0. The maximum atomic E-state index is 11.5. The molecule has 0 N–H and O–H groups in total. The van der Waals surface area contributed by atoms with Crippen molar-refractivity contribution in [3.05, 3.63) is 0 Å². The quantitative estimate of drug-likeness (QED) is 0.253. The second-order valence-corrected chi connectivity index (χ2v) is 7.10. The molecule has 0 aromatic carbocycles. The van der Waals surface area contributed by atoms with Crippen molar-refractivity contribution in [1.29, 1.82) is 0 Å². The second-order valence-electron chi connectivity index (χ2n) is 7.10. The summed E-state index contributed by atoms with van der Waals surface area (Å²) in [5, 5.41) is 0. The minimum absolute atomic E-state index is 0.0457. The molecule has 0 bridgehead atoms. The van der Waals surface area contributed by atoms with Gasteiger partial charge in [0.2, 0.25) is 0 Å². The summed E-state index contributed by atoms with van der Waals surface area (Å²) in [6.07, 6.45) is 13.1. The van der Waals surface area contributed by atoms with Crippen molar-refractivity contribution in [2.75, 3.05) is 0 Å². The van der Waals surface area contributed by atoms with Gasteiger partial charge in [-0.1, -0.05) is 58.8 Å². The van der Waals surface area contributed by atoms with E-state index in [2.05, 4.69) is 0 Å². The standard InChI is InChI=1S/C21H40O4/c1-5-18(3)24-20(22)16-14-12-10-8-7-9-11-13-15-17-21(23)25-19(4)6-2/h18-19H,5-17H2,1-4H3. The molecule has 0 aliphatic carbocycles. The molecular formula is C21H40O4. The molecule has 2 atom stereocenters. The van der Waals surface area contributed by atoms with Crippen LogP contribution >= 0.6 is 0 Å². The Hall–Kier alpha value is -1.06. The SMILES string of the molecule is CCC(C)OC(=O)CCCCCCCCCCCC(=O)OC(C)CC. The van der Waals surface area contributed by atoms with Gasteiger partial charge in [0.25, 0.3) is 0 Å². The number of rotatable bonds is 16. The van der Waals surface area contributed by atoms with Gasteiger partial charge in [0.05, 0.1) is 12.2 Å². The third-order valence-corrected chi connectivity index (χ3v) is 4.58. The number of carbonyl (C=O) groups excluding carboxylic acids is 2. The molecule has 0 amide bonds. The van der Waals surface area contributed by atoms with Gasteiger partial charge in [-0.3, -0.25) is 9.59 Å². The molecule has 0 radical (unpaired) electrons. The molecule has 0 aromatic rings. The zero-order valence-corrected chi connectivity index (χ0v) is 17.0. The van der Waals surface area contributed by atoms with Crippen LogP contribution in [0.3, 0.4) is 0 Å². The molecule has 25 heavy (non-hydrogen) atoms. The van der Waals surface area contributed by atoms with Crippen LogP contribution in [0.5, 0.6) is 0 Å². The van der Waals surface area contributed by atoms with Crippen molar-refractivity contribution in [2.24, 2.45) is 0 Å². The first kappa shape index (κ1) is 23.9. The third-order valence-electron chi connectivity index (χ3n) is 4.58. The third kappa shape index (κ3) is 16.2. The van der Waals surface area contributed by atoms with Gasteiger partial charge in [-0.2, -0.15) is 0 Å². The molecule has 0 saturated carbocycles. The smallest absolute Gasteiger partial charge is 0.306 e. The lowest BCUT2D eigenvalue weighted by molar-refractivity contribution is -0.149. The fourth-order valence-corrected chi connectivity index (χ4v) is 2.51. The van der Waals surface area contributed by atoms with Crippen molar-refractivity contribution in [3.63, 3.8) is 0 Å². The lowest BCUT2D eigenvalue weighted by Crippen LogP contribution is -2.13. The van der Waals surface area contributed by atoms with Crippen molar-refractivity contribution >= 4 is 11.9 Å². The van der Waals surface area contributed by atoms with Gasteiger partial charge in [0, 0.05) is 12.8 Å². The Morgan fingerprint density at radius 3 is 1.16 bits per heavy atom. The van der Waals surface area contributed by atoms with Crippen molar-refractivity contribution in [2.45, 2.75) is 123 Å². The Kier molecular flexibility index (Phi) is 15.7. The molecule has 2 unspecified atom stereocenters. The van der Waals surface area contributed by atoms with E-state index in [4.69, 9.17) is 9.47 Å². The van der Waals surface area contributed by atoms with E-state index < -0.39 is 0 Å². The summed E-state index contributed by atoms with van der Waals surface area (Å²) >= 11 is 0. The van der Waals surface area contributed by atoms with Crippen LogP contribution in [0, 0.1) is 0 Å². The van der Waals surface area contributed by atoms with E-state index in [0.29, 0.717) is 12.8 Å². The average molecular weight is 357 g/mol. The van der Waals surface area contributed by atoms with Gasteiger partial charge in [-0.05, 0) is 39.5 Å². The minimum atomic E-state index is -0.0544. The number of esters is 2. The molecule has 4 heteroatoms. The summed E-state index contributed by atoms with van der Waals surface area (Å²) in [4.78, 5) is 23.0. The molecule has 0 fully saturated rings. The first-order valence-electron chi connectivity index (χ1n) is 10.4. The van der Waals surface area contributed by atoms with E-state index in [-0.39, 0.29) is 24.1 Å². The maximum Gasteiger partial charge on any atom is 0.306 e.